The molecule has 1 rings (SSSR count). The molecule has 0 amide bonds. The molecule has 0 aliphatic carbocycles. The van der Waals surface area contributed by atoms with Gasteiger partial charge in [-0.1, -0.05) is 36.9 Å². The van der Waals surface area contributed by atoms with Gasteiger partial charge >= 0.3 is 5.97 Å². The average Bonchev–Trinajstić information content (AvgIpc) is 2.42. The van der Waals surface area contributed by atoms with Gasteiger partial charge in [-0.3, -0.25) is 0 Å². The van der Waals surface area contributed by atoms with Crippen molar-refractivity contribution in [2.24, 2.45) is 0 Å². The van der Waals surface area contributed by atoms with Crippen molar-refractivity contribution in [2.75, 3.05) is 26.4 Å². The first-order chi connectivity index (χ1) is 8.83. The maximum absolute atomic E-state index is 10.7. The minimum absolute atomic E-state index is 0.240. The lowest BCUT2D eigenvalue weighted by Crippen LogP contribution is -2.11. The van der Waals surface area contributed by atoms with Gasteiger partial charge in [-0.25, -0.2) is 4.79 Å². The number of hydrogen-bond donors (Lipinski definition) is 0. The summed E-state index contributed by atoms with van der Waals surface area (Å²) in [5.41, 5.74) is 1.14. The summed E-state index contributed by atoms with van der Waals surface area (Å²) in [6, 6.07) is 9.94. The standard InChI is InChI=1S/C14H18O4/c1-2-14(15)18-11-10-16-8-9-17-12-13-6-4-3-5-7-13/h2-7H,1,8-12H2. The van der Waals surface area contributed by atoms with Gasteiger partial charge in [-0.05, 0) is 5.56 Å². The van der Waals surface area contributed by atoms with Crippen LogP contribution in [-0.2, 0) is 25.6 Å². The van der Waals surface area contributed by atoms with E-state index in [4.69, 9.17) is 14.2 Å². The Balaban J connectivity index is 1.90. The molecule has 0 unspecified atom stereocenters. The fourth-order valence-electron chi connectivity index (χ4n) is 1.24. The van der Waals surface area contributed by atoms with Gasteiger partial charge in [0, 0.05) is 6.08 Å². The van der Waals surface area contributed by atoms with Crippen LogP contribution in [0.4, 0.5) is 0 Å². The van der Waals surface area contributed by atoms with E-state index in [1.807, 2.05) is 30.3 Å². The van der Waals surface area contributed by atoms with Gasteiger partial charge in [0.1, 0.15) is 6.61 Å². The highest BCUT2D eigenvalue weighted by molar-refractivity contribution is 5.81. The summed E-state index contributed by atoms with van der Waals surface area (Å²) in [6.07, 6.45) is 1.13. The Morgan fingerprint density at radius 2 is 1.72 bits per heavy atom. The summed E-state index contributed by atoms with van der Waals surface area (Å²) in [4.78, 5) is 10.7. The van der Waals surface area contributed by atoms with E-state index in [-0.39, 0.29) is 6.61 Å². The third-order valence-electron chi connectivity index (χ3n) is 2.12. The highest BCUT2D eigenvalue weighted by atomic mass is 16.6. The lowest BCUT2D eigenvalue weighted by Gasteiger charge is -2.06. The van der Waals surface area contributed by atoms with Crippen LogP contribution in [0.25, 0.3) is 0 Å². The van der Waals surface area contributed by atoms with Gasteiger partial charge in [-0.2, -0.15) is 0 Å². The Labute approximate surface area is 107 Å². The van der Waals surface area contributed by atoms with Crippen molar-refractivity contribution < 1.29 is 19.0 Å². The zero-order valence-electron chi connectivity index (χ0n) is 10.3. The van der Waals surface area contributed by atoms with Crippen LogP contribution in [0.1, 0.15) is 5.56 Å². The molecule has 0 aromatic heterocycles. The van der Waals surface area contributed by atoms with E-state index in [2.05, 4.69) is 6.58 Å². The normalized spacial score (nSPS) is 10.0. The van der Waals surface area contributed by atoms with Crippen LogP contribution in [0.2, 0.25) is 0 Å². The molecule has 0 bridgehead atoms. The van der Waals surface area contributed by atoms with E-state index in [0.717, 1.165) is 11.6 Å². The van der Waals surface area contributed by atoms with Crippen LogP contribution in [0, 0.1) is 0 Å². The second-order valence-corrected chi connectivity index (χ2v) is 3.52. The molecule has 1 aromatic rings. The van der Waals surface area contributed by atoms with Crippen LogP contribution in [-0.4, -0.2) is 32.4 Å². The molecule has 0 saturated heterocycles. The third kappa shape index (κ3) is 6.83. The summed E-state index contributed by atoms with van der Waals surface area (Å²) in [5, 5.41) is 0. The largest absolute Gasteiger partial charge is 0.460 e. The van der Waals surface area contributed by atoms with Crippen molar-refractivity contribution in [1.82, 2.24) is 0 Å². The van der Waals surface area contributed by atoms with Crippen LogP contribution in [0.5, 0.6) is 0 Å². The molecule has 98 valence electrons. The number of rotatable bonds is 9. The summed E-state index contributed by atoms with van der Waals surface area (Å²) in [7, 11) is 0. The van der Waals surface area contributed by atoms with Crippen LogP contribution < -0.4 is 0 Å². The highest BCUT2D eigenvalue weighted by Crippen LogP contribution is 1.99. The maximum atomic E-state index is 10.7. The molecule has 0 N–H and O–H groups in total. The molecule has 4 heteroatoms. The monoisotopic (exact) mass is 250 g/mol. The molecule has 0 aliphatic rings. The number of benzene rings is 1. The van der Waals surface area contributed by atoms with Gasteiger partial charge < -0.3 is 14.2 Å². The van der Waals surface area contributed by atoms with Gasteiger partial charge in [0.15, 0.2) is 0 Å². The molecular formula is C14H18O4. The van der Waals surface area contributed by atoms with Crippen molar-refractivity contribution in [1.29, 1.82) is 0 Å². The lowest BCUT2D eigenvalue weighted by molar-refractivity contribution is -0.139. The van der Waals surface area contributed by atoms with E-state index in [0.29, 0.717) is 26.4 Å². The quantitative estimate of drug-likeness (QED) is 0.382. The number of carbonyl (C=O) groups excluding carboxylic acids is 1. The van der Waals surface area contributed by atoms with Crippen molar-refractivity contribution in [3.8, 4) is 0 Å². The molecule has 0 heterocycles. The maximum Gasteiger partial charge on any atom is 0.330 e. The molecule has 0 radical (unpaired) electrons. The smallest absolute Gasteiger partial charge is 0.330 e. The van der Waals surface area contributed by atoms with Crippen LogP contribution in [0.15, 0.2) is 43.0 Å². The molecule has 18 heavy (non-hydrogen) atoms. The van der Waals surface area contributed by atoms with Crippen molar-refractivity contribution in [3.63, 3.8) is 0 Å². The molecule has 0 atom stereocenters. The van der Waals surface area contributed by atoms with Crippen LogP contribution in [0.3, 0.4) is 0 Å². The van der Waals surface area contributed by atoms with E-state index in [1.54, 1.807) is 0 Å². The van der Waals surface area contributed by atoms with Crippen LogP contribution >= 0.6 is 0 Å². The summed E-state index contributed by atoms with van der Waals surface area (Å²) in [5.74, 6) is -0.432. The summed E-state index contributed by atoms with van der Waals surface area (Å²) in [6.45, 7) is 5.48. The Hall–Kier alpha value is -1.65. The number of ether oxygens (including phenoxy) is 3. The number of esters is 1. The predicted octanol–water partition coefficient (Wildman–Crippen LogP) is 1.95. The lowest BCUT2D eigenvalue weighted by atomic mass is 10.2. The average molecular weight is 250 g/mol. The molecule has 4 nitrogen and oxygen atoms in total. The van der Waals surface area contributed by atoms with E-state index < -0.39 is 5.97 Å². The topological polar surface area (TPSA) is 44.8 Å². The Morgan fingerprint density at radius 3 is 2.44 bits per heavy atom. The minimum Gasteiger partial charge on any atom is -0.460 e. The Morgan fingerprint density at radius 1 is 1.06 bits per heavy atom. The molecule has 0 fully saturated rings. The summed E-state index contributed by atoms with van der Waals surface area (Å²) < 4.78 is 15.4. The van der Waals surface area contributed by atoms with Crippen molar-refractivity contribution in [3.05, 3.63) is 48.6 Å². The fourth-order valence-corrected chi connectivity index (χ4v) is 1.24. The van der Waals surface area contributed by atoms with E-state index in [1.165, 1.54) is 0 Å². The minimum atomic E-state index is -0.432. The summed E-state index contributed by atoms with van der Waals surface area (Å²) >= 11 is 0. The first-order valence-electron chi connectivity index (χ1n) is 5.81. The van der Waals surface area contributed by atoms with Gasteiger partial charge in [-0.15, -0.1) is 0 Å². The van der Waals surface area contributed by atoms with E-state index >= 15 is 0 Å². The van der Waals surface area contributed by atoms with Crippen molar-refractivity contribution in [2.45, 2.75) is 6.61 Å². The second kappa shape index (κ2) is 9.39. The first kappa shape index (κ1) is 14.4. The SMILES string of the molecule is C=CC(=O)OCCOCCOCc1ccccc1. The fraction of sp³-hybridized carbons (Fsp3) is 0.357. The van der Waals surface area contributed by atoms with E-state index in [9.17, 15) is 4.79 Å². The molecule has 0 saturated carbocycles. The van der Waals surface area contributed by atoms with Gasteiger partial charge in [0.2, 0.25) is 0 Å². The highest BCUT2D eigenvalue weighted by Gasteiger charge is 1.95. The second-order valence-electron chi connectivity index (χ2n) is 3.52. The number of hydrogen-bond acceptors (Lipinski definition) is 4. The molecule has 0 spiro atoms. The van der Waals surface area contributed by atoms with Crippen molar-refractivity contribution >= 4 is 5.97 Å². The zero-order chi connectivity index (χ0) is 13.1. The predicted molar refractivity (Wildman–Crippen MR) is 68.1 cm³/mol. The third-order valence-corrected chi connectivity index (χ3v) is 2.12. The molecule has 0 aliphatic heterocycles. The Bertz CT molecular complexity index is 348. The first-order valence-corrected chi connectivity index (χ1v) is 5.81. The molecule has 1 aromatic carbocycles. The van der Waals surface area contributed by atoms with Gasteiger partial charge in [0.25, 0.3) is 0 Å². The zero-order valence-corrected chi connectivity index (χ0v) is 10.3. The number of carbonyl (C=O) groups is 1. The Kier molecular flexibility index (Phi) is 7.52. The van der Waals surface area contributed by atoms with Gasteiger partial charge in [0.05, 0.1) is 26.4 Å². The molecular weight excluding hydrogens is 232 g/mol.